The van der Waals surface area contributed by atoms with Gasteiger partial charge in [0.25, 0.3) is 0 Å². The Morgan fingerprint density at radius 1 is 1.40 bits per heavy atom. The number of hydrogen-bond donors (Lipinski definition) is 1. The molecule has 0 saturated heterocycles. The average Bonchev–Trinajstić information content (AvgIpc) is 2.24. The van der Waals surface area contributed by atoms with Crippen LogP contribution in [0.25, 0.3) is 5.57 Å². The Balaban J connectivity index is 2.84. The summed E-state index contributed by atoms with van der Waals surface area (Å²) in [4.78, 5) is 0. The van der Waals surface area contributed by atoms with Crippen LogP contribution in [0.15, 0.2) is 42.5 Å². The van der Waals surface area contributed by atoms with Crippen LogP contribution in [0.2, 0.25) is 0 Å². The molecule has 80 valence electrons. The van der Waals surface area contributed by atoms with Gasteiger partial charge in [-0.1, -0.05) is 43.7 Å². The molecule has 0 heterocycles. The average molecular weight is 202 g/mol. The zero-order valence-electron chi connectivity index (χ0n) is 9.40. The van der Waals surface area contributed by atoms with Gasteiger partial charge in [-0.05, 0) is 36.6 Å². The lowest BCUT2D eigenvalue weighted by atomic mass is 10.0. The van der Waals surface area contributed by atoms with Gasteiger partial charge in [-0.15, -0.1) is 0 Å². The maximum absolute atomic E-state index is 9.38. The minimum atomic E-state index is 0.316. The number of benzene rings is 1. The second-order valence-corrected chi connectivity index (χ2v) is 3.49. The van der Waals surface area contributed by atoms with Gasteiger partial charge >= 0.3 is 0 Å². The lowest BCUT2D eigenvalue weighted by Gasteiger charge is -2.02. The number of allylic oxidation sites excluding steroid dienone is 4. The quantitative estimate of drug-likeness (QED) is 0.727. The number of rotatable bonds is 4. The molecule has 0 amide bonds. The zero-order chi connectivity index (χ0) is 11.1. The first-order valence-corrected chi connectivity index (χ1v) is 5.40. The number of aromatic hydroxyl groups is 1. The van der Waals surface area contributed by atoms with Crippen LogP contribution in [0.5, 0.6) is 5.75 Å². The first-order valence-electron chi connectivity index (χ1n) is 5.40. The predicted molar refractivity (Wildman–Crippen MR) is 65.8 cm³/mol. The Kier molecular flexibility index (Phi) is 4.69. The Bertz CT molecular complexity index is 361. The van der Waals surface area contributed by atoms with Crippen molar-refractivity contribution in [3.63, 3.8) is 0 Å². The van der Waals surface area contributed by atoms with Gasteiger partial charge in [-0.3, -0.25) is 0 Å². The summed E-state index contributed by atoms with van der Waals surface area (Å²) in [7, 11) is 0. The lowest BCUT2D eigenvalue weighted by molar-refractivity contribution is 0.475. The largest absolute Gasteiger partial charge is 0.508 e. The summed E-state index contributed by atoms with van der Waals surface area (Å²) in [5.41, 5.74) is 2.21. The van der Waals surface area contributed by atoms with E-state index in [0.29, 0.717) is 5.75 Å². The molecule has 15 heavy (non-hydrogen) atoms. The smallest absolute Gasteiger partial charge is 0.116 e. The molecule has 1 N–H and O–H groups in total. The van der Waals surface area contributed by atoms with Crippen molar-refractivity contribution in [3.8, 4) is 5.75 Å². The van der Waals surface area contributed by atoms with E-state index >= 15 is 0 Å². The van der Waals surface area contributed by atoms with E-state index in [1.807, 2.05) is 19.1 Å². The van der Waals surface area contributed by atoms with E-state index in [9.17, 15) is 5.11 Å². The summed E-state index contributed by atoms with van der Waals surface area (Å²) in [5.74, 6) is 0.316. The summed E-state index contributed by atoms with van der Waals surface area (Å²) >= 11 is 0. The Hall–Kier alpha value is -1.50. The second-order valence-electron chi connectivity index (χ2n) is 3.49. The summed E-state index contributed by atoms with van der Waals surface area (Å²) in [5, 5.41) is 9.38. The number of unbranched alkanes of at least 4 members (excludes halogenated alkanes) is 1. The van der Waals surface area contributed by atoms with E-state index in [-0.39, 0.29) is 0 Å². The highest BCUT2D eigenvalue weighted by Crippen LogP contribution is 2.20. The van der Waals surface area contributed by atoms with Crippen molar-refractivity contribution in [1.82, 2.24) is 0 Å². The summed E-state index contributed by atoms with van der Waals surface area (Å²) in [6, 6.07) is 7.34. The lowest BCUT2D eigenvalue weighted by Crippen LogP contribution is -1.79. The van der Waals surface area contributed by atoms with Crippen molar-refractivity contribution in [1.29, 1.82) is 0 Å². The van der Waals surface area contributed by atoms with E-state index < -0.39 is 0 Å². The minimum absolute atomic E-state index is 0.316. The summed E-state index contributed by atoms with van der Waals surface area (Å²) < 4.78 is 0. The molecule has 0 fully saturated rings. The number of phenols is 1. The summed E-state index contributed by atoms with van der Waals surface area (Å²) in [6.45, 7) is 4.17. The van der Waals surface area contributed by atoms with E-state index in [0.717, 1.165) is 24.0 Å². The summed E-state index contributed by atoms with van der Waals surface area (Å²) in [6.07, 6.45) is 8.59. The van der Waals surface area contributed by atoms with E-state index in [2.05, 4.69) is 25.2 Å². The molecule has 0 spiro atoms. The highest BCUT2D eigenvalue weighted by atomic mass is 16.3. The number of phenolic OH excluding ortho intramolecular Hbond substituents is 1. The molecule has 0 bridgehead atoms. The Morgan fingerprint density at radius 3 is 2.80 bits per heavy atom. The third-order valence-corrected chi connectivity index (χ3v) is 2.24. The highest BCUT2D eigenvalue weighted by molar-refractivity contribution is 5.74. The van der Waals surface area contributed by atoms with Crippen molar-refractivity contribution >= 4 is 5.57 Å². The van der Waals surface area contributed by atoms with Gasteiger partial charge in [0.2, 0.25) is 0 Å². The van der Waals surface area contributed by atoms with Crippen molar-refractivity contribution in [2.75, 3.05) is 0 Å². The fraction of sp³-hybridized carbons (Fsp3) is 0.286. The maximum Gasteiger partial charge on any atom is 0.116 e. The van der Waals surface area contributed by atoms with Crippen LogP contribution in [0, 0.1) is 0 Å². The zero-order valence-corrected chi connectivity index (χ0v) is 9.40. The Labute approximate surface area is 91.8 Å². The molecule has 1 aromatic rings. The molecule has 0 saturated carbocycles. The van der Waals surface area contributed by atoms with Gasteiger partial charge in [0.15, 0.2) is 0 Å². The number of hydrogen-bond acceptors (Lipinski definition) is 1. The van der Waals surface area contributed by atoms with E-state index in [4.69, 9.17) is 0 Å². The molecule has 0 atom stereocenters. The monoisotopic (exact) mass is 202 g/mol. The van der Waals surface area contributed by atoms with Crippen LogP contribution in [0.1, 0.15) is 32.3 Å². The van der Waals surface area contributed by atoms with Crippen LogP contribution in [-0.2, 0) is 0 Å². The Morgan fingerprint density at radius 2 is 2.20 bits per heavy atom. The van der Waals surface area contributed by atoms with Crippen molar-refractivity contribution < 1.29 is 5.11 Å². The third-order valence-electron chi connectivity index (χ3n) is 2.24. The van der Waals surface area contributed by atoms with Crippen LogP contribution in [0.4, 0.5) is 0 Å². The predicted octanol–water partition coefficient (Wildman–Crippen LogP) is 4.15. The molecule has 0 aliphatic rings. The topological polar surface area (TPSA) is 20.2 Å². The van der Waals surface area contributed by atoms with Crippen LogP contribution < -0.4 is 0 Å². The fourth-order valence-electron chi connectivity index (χ4n) is 1.42. The van der Waals surface area contributed by atoms with Crippen molar-refractivity contribution in [2.24, 2.45) is 0 Å². The van der Waals surface area contributed by atoms with E-state index in [1.54, 1.807) is 12.1 Å². The van der Waals surface area contributed by atoms with Gasteiger partial charge in [0.05, 0.1) is 0 Å². The molecule has 0 aliphatic heterocycles. The molecular formula is C14H18O. The van der Waals surface area contributed by atoms with Crippen molar-refractivity contribution in [3.05, 3.63) is 48.1 Å². The third kappa shape index (κ3) is 3.62. The van der Waals surface area contributed by atoms with Gasteiger partial charge in [-0.25, -0.2) is 0 Å². The minimum Gasteiger partial charge on any atom is -0.508 e. The fourth-order valence-corrected chi connectivity index (χ4v) is 1.42. The molecule has 0 unspecified atom stereocenters. The molecule has 1 heteroatoms. The van der Waals surface area contributed by atoms with Crippen molar-refractivity contribution in [2.45, 2.75) is 26.7 Å². The molecule has 1 aromatic carbocycles. The molecule has 0 radical (unpaired) electrons. The molecule has 1 rings (SSSR count). The first-order chi connectivity index (χ1) is 7.27. The molecule has 1 nitrogen and oxygen atoms in total. The van der Waals surface area contributed by atoms with Gasteiger partial charge in [0.1, 0.15) is 5.75 Å². The van der Waals surface area contributed by atoms with Crippen LogP contribution in [-0.4, -0.2) is 5.11 Å². The van der Waals surface area contributed by atoms with Crippen LogP contribution in [0.3, 0.4) is 0 Å². The van der Waals surface area contributed by atoms with Gasteiger partial charge in [0, 0.05) is 0 Å². The normalized spacial score (nSPS) is 12.3. The molecule has 0 aromatic heterocycles. The SMILES string of the molecule is C/C=C(\C=C/CCC)c1cccc(O)c1. The molecule has 0 aliphatic carbocycles. The van der Waals surface area contributed by atoms with Crippen LogP contribution >= 0.6 is 0 Å². The molecular weight excluding hydrogens is 184 g/mol. The maximum atomic E-state index is 9.38. The van der Waals surface area contributed by atoms with Gasteiger partial charge < -0.3 is 5.11 Å². The highest BCUT2D eigenvalue weighted by Gasteiger charge is 1.97. The first kappa shape index (κ1) is 11.6. The standard InChI is InChI=1S/C14H18O/c1-3-5-6-8-12(4-2)13-9-7-10-14(15)11-13/h4,6-11,15H,3,5H2,1-2H3/b8-6-,12-4+. The second kappa shape index (κ2) is 6.07. The van der Waals surface area contributed by atoms with E-state index in [1.165, 1.54) is 0 Å². The van der Waals surface area contributed by atoms with Gasteiger partial charge in [-0.2, -0.15) is 0 Å².